The molecular formula is C17H22ClNO3S. The highest BCUT2D eigenvalue weighted by Gasteiger charge is 2.43. The van der Waals surface area contributed by atoms with Crippen molar-refractivity contribution in [2.45, 2.75) is 38.6 Å². The van der Waals surface area contributed by atoms with Crippen LogP contribution >= 0.6 is 23.4 Å². The summed E-state index contributed by atoms with van der Waals surface area (Å²) in [5, 5.41) is 0.550. The standard InChI is InChI=1S/C17H22ClNO3S/c1-4-9-22-17(21)14-10-23-16(11(2)3)19(14)15(20)12-5-7-13(18)8-6-12/h5-8,11,14,16H,4,9-10H2,1-3H3. The summed E-state index contributed by atoms with van der Waals surface area (Å²) in [6.07, 6.45) is 0.768. The van der Waals surface area contributed by atoms with Gasteiger partial charge in [-0.1, -0.05) is 32.4 Å². The molecule has 1 amide bonds. The lowest BCUT2D eigenvalue weighted by atomic mass is 10.1. The lowest BCUT2D eigenvalue weighted by Crippen LogP contribution is -2.47. The molecule has 1 heterocycles. The van der Waals surface area contributed by atoms with Crippen molar-refractivity contribution in [2.75, 3.05) is 12.4 Å². The van der Waals surface area contributed by atoms with Crippen LogP contribution < -0.4 is 0 Å². The lowest BCUT2D eigenvalue weighted by Gasteiger charge is -2.30. The van der Waals surface area contributed by atoms with Gasteiger partial charge in [-0.3, -0.25) is 4.79 Å². The maximum atomic E-state index is 12.9. The van der Waals surface area contributed by atoms with Gasteiger partial charge in [-0.05, 0) is 36.6 Å². The third-order valence-corrected chi connectivity index (χ3v) is 5.52. The SMILES string of the molecule is CCCOC(=O)C1CSC(C(C)C)N1C(=O)c1ccc(Cl)cc1. The zero-order chi connectivity index (χ0) is 17.0. The van der Waals surface area contributed by atoms with Gasteiger partial charge in [0.15, 0.2) is 0 Å². The van der Waals surface area contributed by atoms with E-state index in [1.54, 1.807) is 40.9 Å². The van der Waals surface area contributed by atoms with Gasteiger partial charge in [-0.15, -0.1) is 11.8 Å². The van der Waals surface area contributed by atoms with Gasteiger partial charge in [-0.25, -0.2) is 4.79 Å². The Labute approximate surface area is 146 Å². The van der Waals surface area contributed by atoms with Crippen molar-refractivity contribution < 1.29 is 14.3 Å². The fraction of sp³-hybridized carbons (Fsp3) is 0.529. The second kappa shape index (κ2) is 8.06. The summed E-state index contributed by atoms with van der Waals surface area (Å²) in [5.74, 6) is 0.360. The third-order valence-electron chi connectivity index (χ3n) is 3.65. The van der Waals surface area contributed by atoms with E-state index in [-0.39, 0.29) is 23.2 Å². The Morgan fingerprint density at radius 2 is 2.00 bits per heavy atom. The molecule has 1 saturated heterocycles. The van der Waals surface area contributed by atoms with Crippen LogP contribution in [0.15, 0.2) is 24.3 Å². The molecule has 1 aliphatic rings. The van der Waals surface area contributed by atoms with Crippen molar-refractivity contribution in [3.8, 4) is 0 Å². The predicted molar refractivity (Wildman–Crippen MR) is 93.7 cm³/mol. The van der Waals surface area contributed by atoms with Crippen molar-refractivity contribution >= 4 is 35.2 Å². The van der Waals surface area contributed by atoms with Crippen LogP contribution in [0.1, 0.15) is 37.6 Å². The van der Waals surface area contributed by atoms with Gasteiger partial charge in [0.1, 0.15) is 6.04 Å². The quantitative estimate of drug-likeness (QED) is 0.753. The molecule has 2 rings (SSSR count). The Bertz CT molecular complexity index is 561. The molecule has 4 nitrogen and oxygen atoms in total. The van der Waals surface area contributed by atoms with Crippen molar-refractivity contribution in [3.05, 3.63) is 34.9 Å². The number of benzene rings is 1. The molecule has 2 unspecified atom stereocenters. The van der Waals surface area contributed by atoms with Gasteiger partial charge in [0.05, 0.1) is 12.0 Å². The number of carbonyl (C=O) groups is 2. The fourth-order valence-corrected chi connectivity index (χ4v) is 4.11. The van der Waals surface area contributed by atoms with Gasteiger partial charge in [0.25, 0.3) is 5.91 Å². The largest absolute Gasteiger partial charge is 0.464 e. The van der Waals surface area contributed by atoms with E-state index in [0.717, 1.165) is 6.42 Å². The first kappa shape index (κ1) is 18.1. The van der Waals surface area contributed by atoms with Crippen LogP contribution in [0.4, 0.5) is 0 Å². The number of hydrogen-bond acceptors (Lipinski definition) is 4. The highest BCUT2D eigenvalue weighted by molar-refractivity contribution is 8.00. The Morgan fingerprint density at radius 1 is 1.35 bits per heavy atom. The smallest absolute Gasteiger partial charge is 0.329 e. The number of halogens is 1. The van der Waals surface area contributed by atoms with Crippen molar-refractivity contribution in [1.29, 1.82) is 0 Å². The van der Waals surface area contributed by atoms with E-state index in [9.17, 15) is 9.59 Å². The second-order valence-electron chi connectivity index (χ2n) is 5.87. The number of amides is 1. The topological polar surface area (TPSA) is 46.6 Å². The summed E-state index contributed by atoms with van der Waals surface area (Å²) in [6, 6.07) is 6.24. The number of carbonyl (C=O) groups excluding carboxylic acids is 2. The summed E-state index contributed by atoms with van der Waals surface area (Å²) < 4.78 is 5.27. The van der Waals surface area contributed by atoms with Gasteiger partial charge in [-0.2, -0.15) is 0 Å². The number of hydrogen-bond donors (Lipinski definition) is 0. The summed E-state index contributed by atoms with van der Waals surface area (Å²) in [5.41, 5.74) is 0.538. The maximum Gasteiger partial charge on any atom is 0.329 e. The van der Waals surface area contributed by atoms with E-state index in [1.165, 1.54) is 0 Å². The predicted octanol–water partition coefficient (Wildman–Crippen LogP) is 3.83. The molecular weight excluding hydrogens is 334 g/mol. The van der Waals surface area contributed by atoms with Crippen LogP contribution in [0.25, 0.3) is 0 Å². The molecule has 0 aliphatic carbocycles. The Balaban J connectivity index is 2.25. The molecule has 0 spiro atoms. The average molecular weight is 356 g/mol. The Morgan fingerprint density at radius 3 is 2.57 bits per heavy atom. The molecule has 0 radical (unpaired) electrons. The van der Waals surface area contributed by atoms with E-state index in [2.05, 4.69) is 13.8 Å². The van der Waals surface area contributed by atoms with E-state index < -0.39 is 6.04 Å². The molecule has 2 atom stereocenters. The Hall–Kier alpha value is -1.20. The number of rotatable bonds is 5. The third kappa shape index (κ3) is 4.21. The van der Waals surface area contributed by atoms with Gasteiger partial charge >= 0.3 is 5.97 Å². The molecule has 0 bridgehead atoms. The molecule has 1 aromatic carbocycles. The van der Waals surface area contributed by atoms with Crippen LogP contribution in [-0.4, -0.2) is 40.6 Å². The van der Waals surface area contributed by atoms with E-state index in [4.69, 9.17) is 16.3 Å². The first-order valence-corrected chi connectivity index (χ1v) is 9.24. The first-order valence-electron chi connectivity index (χ1n) is 7.82. The highest BCUT2D eigenvalue weighted by Crippen LogP contribution is 2.35. The van der Waals surface area contributed by atoms with E-state index in [1.807, 2.05) is 6.92 Å². The Kier molecular flexibility index (Phi) is 6.36. The van der Waals surface area contributed by atoms with Crippen molar-refractivity contribution in [1.82, 2.24) is 4.90 Å². The summed E-state index contributed by atoms with van der Waals surface area (Å²) in [6.45, 7) is 6.44. The highest BCUT2D eigenvalue weighted by atomic mass is 35.5. The average Bonchev–Trinajstić information content (AvgIpc) is 2.97. The van der Waals surface area contributed by atoms with Crippen LogP contribution in [-0.2, 0) is 9.53 Å². The van der Waals surface area contributed by atoms with Crippen molar-refractivity contribution in [2.24, 2.45) is 5.92 Å². The number of thioether (sulfide) groups is 1. The summed E-state index contributed by atoms with van der Waals surface area (Å²) >= 11 is 7.52. The van der Waals surface area contributed by atoms with Crippen molar-refractivity contribution in [3.63, 3.8) is 0 Å². The van der Waals surface area contributed by atoms with Crippen LogP contribution in [0.5, 0.6) is 0 Å². The second-order valence-corrected chi connectivity index (χ2v) is 7.46. The normalized spacial score (nSPS) is 20.8. The first-order chi connectivity index (χ1) is 11.0. The zero-order valence-electron chi connectivity index (χ0n) is 13.6. The monoisotopic (exact) mass is 355 g/mol. The van der Waals surface area contributed by atoms with Crippen LogP contribution in [0, 0.1) is 5.92 Å². The number of nitrogens with zero attached hydrogens (tertiary/aromatic N) is 1. The van der Waals surface area contributed by atoms with Gasteiger partial charge in [0, 0.05) is 16.3 Å². The molecule has 0 aromatic heterocycles. The zero-order valence-corrected chi connectivity index (χ0v) is 15.2. The maximum absolute atomic E-state index is 12.9. The minimum absolute atomic E-state index is 0.0302. The minimum Gasteiger partial charge on any atom is -0.464 e. The summed E-state index contributed by atoms with van der Waals surface area (Å²) in [7, 11) is 0. The van der Waals surface area contributed by atoms with E-state index in [0.29, 0.717) is 22.9 Å². The molecule has 0 saturated carbocycles. The molecule has 6 heteroatoms. The fourth-order valence-electron chi connectivity index (χ4n) is 2.52. The number of esters is 1. The van der Waals surface area contributed by atoms with Gasteiger partial charge in [0.2, 0.25) is 0 Å². The molecule has 1 aromatic rings. The molecule has 126 valence electrons. The number of ether oxygens (including phenoxy) is 1. The molecule has 1 fully saturated rings. The van der Waals surface area contributed by atoms with E-state index >= 15 is 0 Å². The summed E-state index contributed by atoms with van der Waals surface area (Å²) in [4.78, 5) is 26.9. The molecule has 1 aliphatic heterocycles. The van der Waals surface area contributed by atoms with Crippen LogP contribution in [0.2, 0.25) is 5.02 Å². The molecule has 0 N–H and O–H groups in total. The minimum atomic E-state index is -0.526. The van der Waals surface area contributed by atoms with Crippen LogP contribution in [0.3, 0.4) is 0 Å². The lowest BCUT2D eigenvalue weighted by molar-refractivity contribution is -0.148. The van der Waals surface area contributed by atoms with Gasteiger partial charge < -0.3 is 9.64 Å². The molecule has 23 heavy (non-hydrogen) atoms.